The van der Waals surface area contributed by atoms with Crippen LogP contribution in [0.2, 0.25) is 0 Å². The summed E-state index contributed by atoms with van der Waals surface area (Å²) in [4.78, 5) is 12.3. The smallest absolute Gasteiger partial charge is 0.273 e. The lowest BCUT2D eigenvalue weighted by molar-refractivity contribution is -0.384. The molecule has 8 heteroatoms. The average molecular weight is 268 g/mol. The number of rotatable bonds is 4. The van der Waals surface area contributed by atoms with Crippen LogP contribution in [-0.4, -0.2) is 42.4 Å². The molecule has 0 amide bonds. The number of benzene rings is 1. The molecule has 19 heavy (non-hydrogen) atoms. The molecule has 1 fully saturated rings. The fraction of sp³-hybridized carbons (Fsp3) is 0.455. The first-order chi connectivity index (χ1) is 9.13. The van der Waals surface area contributed by atoms with Crippen molar-refractivity contribution in [2.75, 3.05) is 36.6 Å². The topological polar surface area (TPSA) is 114 Å². The zero-order valence-electron chi connectivity index (χ0n) is 10.3. The number of ether oxygens (including phenoxy) is 1. The van der Waals surface area contributed by atoms with E-state index in [4.69, 9.17) is 15.7 Å². The lowest BCUT2D eigenvalue weighted by Crippen LogP contribution is -2.44. The fourth-order valence-electron chi connectivity index (χ4n) is 2.03. The highest BCUT2D eigenvalue weighted by Crippen LogP contribution is 2.27. The normalized spacial score (nSPS) is 19.3. The monoisotopic (exact) mass is 268 g/mol. The van der Waals surface area contributed by atoms with Crippen LogP contribution >= 0.6 is 0 Å². The van der Waals surface area contributed by atoms with Gasteiger partial charge in [-0.05, 0) is 6.07 Å². The van der Waals surface area contributed by atoms with Gasteiger partial charge in [0.15, 0.2) is 0 Å². The van der Waals surface area contributed by atoms with E-state index in [2.05, 4.69) is 5.43 Å². The minimum atomic E-state index is -0.464. The molecule has 1 aromatic rings. The number of anilines is 2. The molecule has 1 aliphatic rings. The molecule has 1 saturated heterocycles. The van der Waals surface area contributed by atoms with Crippen molar-refractivity contribution >= 4 is 17.1 Å². The van der Waals surface area contributed by atoms with Crippen LogP contribution in [0.5, 0.6) is 0 Å². The Morgan fingerprint density at radius 1 is 1.58 bits per heavy atom. The number of non-ortho nitro benzene ring substituents is 1. The van der Waals surface area contributed by atoms with Gasteiger partial charge in [-0.3, -0.25) is 16.0 Å². The third-order valence-corrected chi connectivity index (χ3v) is 2.99. The summed E-state index contributed by atoms with van der Waals surface area (Å²) < 4.78 is 5.35. The molecular formula is C11H16N4O4. The van der Waals surface area contributed by atoms with Gasteiger partial charge < -0.3 is 20.2 Å². The van der Waals surface area contributed by atoms with Gasteiger partial charge in [-0.2, -0.15) is 0 Å². The number of nitro groups is 1. The summed E-state index contributed by atoms with van der Waals surface area (Å²) >= 11 is 0. The highest BCUT2D eigenvalue weighted by molar-refractivity contribution is 5.64. The van der Waals surface area contributed by atoms with Gasteiger partial charge in [-0.1, -0.05) is 0 Å². The third-order valence-electron chi connectivity index (χ3n) is 2.99. The number of nitrogens with zero attached hydrogens (tertiary/aromatic N) is 2. The number of aliphatic hydroxyl groups excluding tert-OH is 1. The minimum absolute atomic E-state index is 0.0301. The third kappa shape index (κ3) is 3.11. The standard InChI is InChI=1S/C11H16N4O4/c12-13-8-3-9(5-10(4-8)15(17)18)14-1-2-19-11(6-14)7-16/h3-5,11,13,16H,1-2,6-7,12H2. The van der Waals surface area contributed by atoms with E-state index >= 15 is 0 Å². The summed E-state index contributed by atoms with van der Waals surface area (Å²) in [7, 11) is 0. The minimum Gasteiger partial charge on any atom is -0.394 e. The molecule has 1 heterocycles. The molecule has 2 rings (SSSR count). The van der Waals surface area contributed by atoms with Crippen molar-refractivity contribution in [2.45, 2.75) is 6.10 Å². The number of nitrogen functional groups attached to an aromatic ring is 1. The number of aliphatic hydroxyl groups is 1. The number of hydrazine groups is 1. The Kier molecular flexibility index (Phi) is 4.15. The summed E-state index contributed by atoms with van der Waals surface area (Å²) in [5, 5.41) is 20.0. The Morgan fingerprint density at radius 3 is 3.00 bits per heavy atom. The second-order valence-electron chi connectivity index (χ2n) is 4.26. The summed E-state index contributed by atoms with van der Waals surface area (Å²) in [5.74, 6) is 5.31. The molecule has 8 nitrogen and oxygen atoms in total. The van der Waals surface area contributed by atoms with Crippen LogP contribution in [0, 0.1) is 10.1 Å². The van der Waals surface area contributed by atoms with Crippen LogP contribution in [0.25, 0.3) is 0 Å². The molecule has 0 bridgehead atoms. The molecular weight excluding hydrogens is 252 g/mol. The molecule has 4 N–H and O–H groups in total. The molecule has 1 aliphatic heterocycles. The fourth-order valence-corrected chi connectivity index (χ4v) is 2.03. The van der Waals surface area contributed by atoms with Gasteiger partial charge in [0.05, 0.1) is 29.9 Å². The van der Waals surface area contributed by atoms with Crippen molar-refractivity contribution in [3.8, 4) is 0 Å². The quantitative estimate of drug-likeness (QED) is 0.402. The van der Waals surface area contributed by atoms with E-state index in [9.17, 15) is 10.1 Å². The molecule has 104 valence electrons. The maximum absolute atomic E-state index is 10.9. The summed E-state index contributed by atoms with van der Waals surface area (Å²) in [6, 6.07) is 4.58. The van der Waals surface area contributed by atoms with Gasteiger partial charge in [0.1, 0.15) is 0 Å². The van der Waals surface area contributed by atoms with E-state index in [-0.39, 0.29) is 18.4 Å². The molecule has 0 radical (unpaired) electrons. The molecule has 0 saturated carbocycles. The van der Waals surface area contributed by atoms with Crippen molar-refractivity contribution < 1.29 is 14.8 Å². The van der Waals surface area contributed by atoms with E-state index in [1.54, 1.807) is 6.07 Å². The molecule has 1 atom stereocenters. The van der Waals surface area contributed by atoms with Crippen molar-refractivity contribution in [3.05, 3.63) is 28.3 Å². The van der Waals surface area contributed by atoms with Gasteiger partial charge in [0.2, 0.25) is 0 Å². The van der Waals surface area contributed by atoms with Crippen LogP contribution in [-0.2, 0) is 4.74 Å². The molecule has 1 aromatic carbocycles. The van der Waals surface area contributed by atoms with Crippen molar-refractivity contribution in [3.63, 3.8) is 0 Å². The molecule has 0 spiro atoms. The van der Waals surface area contributed by atoms with Gasteiger partial charge in [-0.15, -0.1) is 0 Å². The predicted octanol–water partition coefficient (Wildman–Crippen LogP) is 0.0779. The van der Waals surface area contributed by atoms with Gasteiger partial charge in [-0.25, -0.2) is 0 Å². The Hall–Kier alpha value is -1.90. The SMILES string of the molecule is NNc1cc(N2CCOC(CO)C2)cc([N+](=O)[O-])c1. The zero-order chi connectivity index (χ0) is 13.8. The number of nitro benzene ring substituents is 1. The number of nitrogens with one attached hydrogen (secondary N) is 1. The van der Waals surface area contributed by atoms with Crippen LogP contribution in [0.1, 0.15) is 0 Å². The van der Waals surface area contributed by atoms with E-state index in [1.165, 1.54) is 12.1 Å². The largest absolute Gasteiger partial charge is 0.394 e. The van der Waals surface area contributed by atoms with Gasteiger partial charge >= 0.3 is 0 Å². The van der Waals surface area contributed by atoms with Crippen LogP contribution < -0.4 is 16.2 Å². The maximum atomic E-state index is 10.9. The Labute approximate surface area is 109 Å². The molecule has 0 aliphatic carbocycles. The van der Waals surface area contributed by atoms with E-state index in [0.29, 0.717) is 31.1 Å². The number of nitrogens with two attached hydrogens (primary N) is 1. The van der Waals surface area contributed by atoms with Crippen LogP contribution in [0.3, 0.4) is 0 Å². The lowest BCUT2D eigenvalue weighted by atomic mass is 10.2. The van der Waals surface area contributed by atoms with Crippen molar-refractivity contribution in [1.82, 2.24) is 0 Å². The van der Waals surface area contributed by atoms with Crippen molar-refractivity contribution in [2.24, 2.45) is 5.84 Å². The van der Waals surface area contributed by atoms with Gasteiger partial charge in [0.25, 0.3) is 5.69 Å². The highest BCUT2D eigenvalue weighted by Gasteiger charge is 2.22. The molecule has 1 unspecified atom stereocenters. The number of morpholine rings is 1. The number of hydrogen-bond donors (Lipinski definition) is 3. The first-order valence-corrected chi connectivity index (χ1v) is 5.87. The Bertz CT molecular complexity index is 468. The van der Waals surface area contributed by atoms with E-state index in [0.717, 1.165) is 0 Å². The summed E-state index contributed by atoms with van der Waals surface area (Å²) in [6.07, 6.45) is -0.276. The second-order valence-corrected chi connectivity index (χ2v) is 4.26. The van der Waals surface area contributed by atoms with Crippen LogP contribution in [0.4, 0.5) is 17.1 Å². The average Bonchev–Trinajstić information content (AvgIpc) is 2.46. The maximum Gasteiger partial charge on any atom is 0.273 e. The Balaban J connectivity index is 2.27. The molecule has 0 aromatic heterocycles. The first-order valence-electron chi connectivity index (χ1n) is 5.87. The van der Waals surface area contributed by atoms with E-state index in [1.807, 2.05) is 4.90 Å². The predicted molar refractivity (Wildman–Crippen MR) is 69.9 cm³/mol. The second kappa shape index (κ2) is 5.83. The van der Waals surface area contributed by atoms with E-state index < -0.39 is 4.92 Å². The summed E-state index contributed by atoms with van der Waals surface area (Å²) in [6.45, 7) is 1.50. The van der Waals surface area contributed by atoms with Crippen molar-refractivity contribution in [1.29, 1.82) is 0 Å². The first kappa shape index (κ1) is 13.5. The van der Waals surface area contributed by atoms with Crippen LogP contribution in [0.15, 0.2) is 18.2 Å². The lowest BCUT2D eigenvalue weighted by Gasteiger charge is -2.33. The zero-order valence-corrected chi connectivity index (χ0v) is 10.3. The Morgan fingerprint density at radius 2 is 2.37 bits per heavy atom. The van der Waals surface area contributed by atoms with Gasteiger partial charge in [0, 0.05) is 30.9 Å². The summed E-state index contributed by atoms with van der Waals surface area (Å²) in [5.41, 5.74) is 3.54. The highest BCUT2D eigenvalue weighted by atomic mass is 16.6. The number of hydrogen-bond acceptors (Lipinski definition) is 7.